The molecule has 1 aromatic rings. The van der Waals surface area contributed by atoms with Gasteiger partial charge in [0.2, 0.25) is 0 Å². The van der Waals surface area contributed by atoms with Crippen molar-refractivity contribution in [3.8, 4) is 0 Å². The van der Waals surface area contributed by atoms with E-state index in [0.29, 0.717) is 4.90 Å². The fourth-order valence-corrected chi connectivity index (χ4v) is 1.44. The van der Waals surface area contributed by atoms with E-state index in [-0.39, 0.29) is 17.8 Å². The van der Waals surface area contributed by atoms with Crippen LogP contribution in [0.2, 0.25) is 0 Å². The Morgan fingerprint density at radius 3 is 2.56 bits per heavy atom. The zero-order chi connectivity index (χ0) is 13.8. The highest BCUT2D eigenvalue weighted by atomic mass is 19.4. The Morgan fingerprint density at radius 2 is 2.06 bits per heavy atom. The Morgan fingerprint density at radius 1 is 1.39 bits per heavy atom. The molecule has 0 unspecified atom stereocenters. The Balaban J connectivity index is 2.89. The third-order valence-corrected chi connectivity index (χ3v) is 2.16. The molecular formula is C11H13F3N2O2. The van der Waals surface area contributed by atoms with Crippen LogP contribution in [-0.4, -0.2) is 41.8 Å². The van der Waals surface area contributed by atoms with Crippen molar-refractivity contribution < 1.29 is 23.1 Å². The van der Waals surface area contributed by atoms with Gasteiger partial charge in [-0.25, -0.2) is 0 Å². The number of aliphatic hydroxyl groups excluding tert-OH is 1. The molecule has 100 valence electrons. The molecule has 0 aliphatic heterocycles. The van der Waals surface area contributed by atoms with Crippen LogP contribution in [0.15, 0.2) is 24.3 Å². The van der Waals surface area contributed by atoms with Crippen molar-refractivity contribution >= 4 is 11.6 Å². The predicted octanol–water partition coefficient (Wildman–Crippen LogP) is 1.27. The lowest BCUT2D eigenvalue weighted by atomic mass is 10.1. The number of nitrogen functional groups attached to an aromatic ring is 1. The van der Waals surface area contributed by atoms with Crippen LogP contribution < -0.4 is 5.73 Å². The zero-order valence-corrected chi connectivity index (χ0v) is 9.44. The smallest absolute Gasteiger partial charge is 0.399 e. The molecule has 0 aliphatic carbocycles. The summed E-state index contributed by atoms with van der Waals surface area (Å²) in [6.07, 6.45) is -4.51. The van der Waals surface area contributed by atoms with Crippen LogP contribution in [0.3, 0.4) is 0 Å². The van der Waals surface area contributed by atoms with Gasteiger partial charge < -0.3 is 15.7 Å². The fraction of sp³-hybridized carbons (Fsp3) is 0.364. The number of rotatable bonds is 4. The van der Waals surface area contributed by atoms with Crippen molar-refractivity contribution in [3.05, 3.63) is 29.8 Å². The lowest BCUT2D eigenvalue weighted by molar-refractivity contribution is -0.141. The first-order valence-electron chi connectivity index (χ1n) is 5.16. The first-order valence-corrected chi connectivity index (χ1v) is 5.16. The molecular weight excluding hydrogens is 249 g/mol. The lowest BCUT2D eigenvalue weighted by Crippen LogP contribution is -2.40. The minimum atomic E-state index is -4.51. The van der Waals surface area contributed by atoms with Crippen LogP contribution in [0.1, 0.15) is 10.4 Å². The number of amides is 1. The average molecular weight is 262 g/mol. The van der Waals surface area contributed by atoms with Crippen molar-refractivity contribution in [2.75, 3.05) is 25.4 Å². The summed E-state index contributed by atoms with van der Waals surface area (Å²) in [6, 6.07) is 5.67. The number of alkyl halides is 3. The summed E-state index contributed by atoms with van der Waals surface area (Å²) in [5.41, 5.74) is 5.81. The van der Waals surface area contributed by atoms with E-state index >= 15 is 0 Å². The van der Waals surface area contributed by atoms with Gasteiger partial charge in [0, 0.05) is 17.8 Å². The highest BCUT2D eigenvalue weighted by Gasteiger charge is 2.33. The summed E-state index contributed by atoms with van der Waals surface area (Å²) in [6.45, 7) is -2.32. The van der Waals surface area contributed by atoms with E-state index in [4.69, 9.17) is 10.8 Å². The molecule has 0 saturated carbocycles. The summed E-state index contributed by atoms with van der Waals surface area (Å²) in [5.74, 6) is -0.811. The summed E-state index contributed by atoms with van der Waals surface area (Å²) >= 11 is 0. The summed E-state index contributed by atoms with van der Waals surface area (Å²) in [4.78, 5) is 12.4. The molecule has 0 bridgehead atoms. The number of nitrogens with two attached hydrogens (primary N) is 1. The van der Waals surface area contributed by atoms with Gasteiger partial charge in [0.05, 0.1) is 6.61 Å². The number of nitrogens with zero attached hydrogens (tertiary/aromatic N) is 1. The molecule has 4 nitrogen and oxygen atoms in total. The Kier molecular flexibility index (Phi) is 4.55. The normalized spacial score (nSPS) is 11.3. The molecule has 0 atom stereocenters. The van der Waals surface area contributed by atoms with Gasteiger partial charge >= 0.3 is 6.18 Å². The third kappa shape index (κ3) is 4.25. The molecule has 0 fully saturated rings. The highest BCUT2D eigenvalue weighted by molar-refractivity contribution is 5.95. The second-order valence-electron chi connectivity index (χ2n) is 3.69. The maximum Gasteiger partial charge on any atom is 0.406 e. The monoisotopic (exact) mass is 262 g/mol. The van der Waals surface area contributed by atoms with Gasteiger partial charge in [-0.1, -0.05) is 6.07 Å². The van der Waals surface area contributed by atoms with Gasteiger partial charge in [-0.2, -0.15) is 13.2 Å². The minimum absolute atomic E-state index is 0.0627. The van der Waals surface area contributed by atoms with Gasteiger partial charge in [0.1, 0.15) is 6.54 Å². The standard InChI is InChI=1S/C11H13F3N2O2/c12-11(13,14)7-16(4-5-17)10(18)8-2-1-3-9(15)6-8/h1-3,6,17H,4-5,7,15H2. The van der Waals surface area contributed by atoms with Crippen molar-refractivity contribution in [3.63, 3.8) is 0 Å². The summed E-state index contributed by atoms with van der Waals surface area (Å²) < 4.78 is 36.9. The van der Waals surface area contributed by atoms with Crippen LogP contribution in [0.5, 0.6) is 0 Å². The Bertz CT molecular complexity index is 421. The number of hydrogen-bond acceptors (Lipinski definition) is 3. The van der Waals surface area contributed by atoms with Crippen molar-refractivity contribution in [2.45, 2.75) is 6.18 Å². The fourth-order valence-electron chi connectivity index (χ4n) is 1.44. The average Bonchev–Trinajstić information content (AvgIpc) is 2.26. The van der Waals surface area contributed by atoms with Crippen LogP contribution in [0.4, 0.5) is 18.9 Å². The largest absolute Gasteiger partial charge is 0.406 e. The number of carbonyl (C=O) groups is 1. The van der Waals surface area contributed by atoms with Crippen LogP contribution in [-0.2, 0) is 0 Å². The van der Waals surface area contributed by atoms with E-state index in [0.717, 1.165) is 0 Å². The highest BCUT2D eigenvalue weighted by Crippen LogP contribution is 2.18. The molecule has 0 aliphatic rings. The Labute approximate surface area is 102 Å². The number of carbonyl (C=O) groups excluding carboxylic acids is 1. The minimum Gasteiger partial charge on any atom is -0.399 e. The zero-order valence-electron chi connectivity index (χ0n) is 9.44. The lowest BCUT2D eigenvalue weighted by Gasteiger charge is -2.23. The quantitative estimate of drug-likeness (QED) is 0.803. The van der Waals surface area contributed by atoms with Gasteiger partial charge in [-0.15, -0.1) is 0 Å². The number of halogens is 3. The first-order chi connectivity index (χ1) is 8.33. The number of aliphatic hydroxyl groups is 1. The molecule has 0 saturated heterocycles. The van der Waals surface area contributed by atoms with Gasteiger partial charge in [0.25, 0.3) is 5.91 Å². The molecule has 1 amide bonds. The van der Waals surface area contributed by atoms with Gasteiger partial charge in [-0.05, 0) is 18.2 Å². The number of hydrogen-bond donors (Lipinski definition) is 2. The molecule has 1 rings (SSSR count). The van der Waals surface area contributed by atoms with Crippen molar-refractivity contribution in [1.82, 2.24) is 4.90 Å². The van der Waals surface area contributed by atoms with Crippen molar-refractivity contribution in [1.29, 1.82) is 0 Å². The molecule has 3 N–H and O–H groups in total. The van der Waals surface area contributed by atoms with Gasteiger partial charge in [-0.3, -0.25) is 4.79 Å². The summed E-state index contributed by atoms with van der Waals surface area (Å²) in [7, 11) is 0. The van der Waals surface area contributed by atoms with E-state index < -0.39 is 25.2 Å². The van der Waals surface area contributed by atoms with Crippen LogP contribution in [0.25, 0.3) is 0 Å². The van der Waals surface area contributed by atoms with E-state index in [1.165, 1.54) is 24.3 Å². The second kappa shape index (κ2) is 5.72. The second-order valence-corrected chi connectivity index (χ2v) is 3.69. The molecule has 0 spiro atoms. The molecule has 0 heterocycles. The van der Waals surface area contributed by atoms with Crippen LogP contribution >= 0.6 is 0 Å². The van der Waals surface area contributed by atoms with E-state index in [1.807, 2.05) is 0 Å². The molecule has 7 heteroatoms. The first kappa shape index (κ1) is 14.3. The van der Waals surface area contributed by atoms with Crippen molar-refractivity contribution in [2.24, 2.45) is 0 Å². The number of anilines is 1. The van der Waals surface area contributed by atoms with E-state index in [1.54, 1.807) is 0 Å². The molecule has 18 heavy (non-hydrogen) atoms. The maximum absolute atomic E-state index is 12.3. The predicted molar refractivity (Wildman–Crippen MR) is 59.9 cm³/mol. The maximum atomic E-state index is 12.3. The van der Waals surface area contributed by atoms with E-state index in [9.17, 15) is 18.0 Å². The molecule has 1 aromatic carbocycles. The summed E-state index contributed by atoms with van der Waals surface area (Å²) in [5, 5.41) is 8.70. The Hall–Kier alpha value is -1.76. The molecule has 0 radical (unpaired) electrons. The van der Waals surface area contributed by atoms with Crippen LogP contribution in [0, 0.1) is 0 Å². The van der Waals surface area contributed by atoms with Gasteiger partial charge in [0.15, 0.2) is 0 Å². The number of benzene rings is 1. The van der Waals surface area contributed by atoms with E-state index in [2.05, 4.69) is 0 Å². The molecule has 0 aromatic heterocycles. The third-order valence-electron chi connectivity index (χ3n) is 2.16. The SMILES string of the molecule is Nc1cccc(C(=O)N(CCO)CC(F)(F)F)c1. The topological polar surface area (TPSA) is 66.6 Å².